The number of benzene rings is 1. The molecule has 19 heavy (non-hydrogen) atoms. The summed E-state index contributed by atoms with van der Waals surface area (Å²) in [4.78, 5) is 13.9. The van der Waals surface area contributed by atoms with Crippen molar-refractivity contribution in [2.24, 2.45) is 5.41 Å². The summed E-state index contributed by atoms with van der Waals surface area (Å²) in [7, 11) is 0. The van der Waals surface area contributed by atoms with Crippen LogP contribution in [0.3, 0.4) is 0 Å². The Hall–Kier alpha value is -1.51. The van der Waals surface area contributed by atoms with Crippen LogP contribution in [0, 0.1) is 5.41 Å². The molecule has 3 heteroatoms. The second kappa shape index (κ2) is 6.09. The molecule has 0 spiro atoms. The zero-order chi connectivity index (χ0) is 13.7. The summed E-state index contributed by atoms with van der Waals surface area (Å²) < 4.78 is 0. The van der Waals surface area contributed by atoms with Crippen LogP contribution in [0.2, 0.25) is 0 Å². The molecular weight excluding hydrogens is 238 g/mol. The number of nitrogens with zero attached hydrogens (tertiary/aromatic N) is 1. The number of carboxylic acid groups (broad SMARTS) is 1. The lowest BCUT2D eigenvalue weighted by atomic mass is 9.73. The van der Waals surface area contributed by atoms with E-state index < -0.39 is 11.4 Å². The average molecular weight is 261 g/mol. The zero-order valence-corrected chi connectivity index (χ0v) is 11.6. The van der Waals surface area contributed by atoms with E-state index in [9.17, 15) is 9.90 Å². The van der Waals surface area contributed by atoms with Crippen LogP contribution < -0.4 is 4.90 Å². The van der Waals surface area contributed by atoms with Gasteiger partial charge in [0.15, 0.2) is 0 Å². The summed E-state index contributed by atoms with van der Waals surface area (Å²) >= 11 is 0. The Morgan fingerprint density at radius 2 is 1.84 bits per heavy atom. The highest BCUT2D eigenvalue weighted by molar-refractivity contribution is 5.76. The lowest BCUT2D eigenvalue weighted by Crippen LogP contribution is -2.44. The molecule has 1 N–H and O–H groups in total. The van der Waals surface area contributed by atoms with Gasteiger partial charge >= 0.3 is 5.97 Å². The van der Waals surface area contributed by atoms with Crippen molar-refractivity contribution in [1.29, 1.82) is 0 Å². The topological polar surface area (TPSA) is 40.5 Å². The number of aliphatic carboxylic acids is 1. The molecule has 1 saturated carbocycles. The highest BCUT2D eigenvalue weighted by Gasteiger charge is 2.40. The van der Waals surface area contributed by atoms with E-state index in [0.29, 0.717) is 6.54 Å². The van der Waals surface area contributed by atoms with Gasteiger partial charge in [0, 0.05) is 18.8 Å². The van der Waals surface area contributed by atoms with Gasteiger partial charge in [0.1, 0.15) is 0 Å². The van der Waals surface area contributed by atoms with Gasteiger partial charge in [0.2, 0.25) is 0 Å². The molecule has 1 aromatic carbocycles. The fourth-order valence-electron chi connectivity index (χ4n) is 3.06. The fraction of sp³-hybridized carbons (Fsp3) is 0.562. The largest absolute Gasteiger partial charge is 0.481 e. The molecule has 0 atom stereocenters. The number of carboxylic acids is 1. The smallest absolute Gasteiger partial charge is 0.311 e. The maximum atomic E-state index is 11.7. The highest BCUT2D eigenvalue weighted by Crippen LogP contribution is 2.38. The molecule has 0 bridgehead atoms. The molecule has 1 aliphatic rings. The second-order valence-electron chi connectivity index (χ2n) is 5.50. The van der Waals surface area contributed by atoms with Gasteiger partial charge in [-0.25, -0.2) is 0 Å². The van der Waals surface area contributed by atoms with Crippen LogP contribution in [0.4, 0.5) is 5.69 Å². The third kappa shape index (κ3) is 3.09. The van der Waals surface area contributed by atoms with E-state index in [1.807, 2.05) is 18.2 Å². The number of para-hydroxylation sites is 1. The molecule has 0 aliphatic heterocycles. The van der Waals surface area contributed by atoms with Gasteiger partial charge in [0.25, 0.3) is 0 Å². The van der Waals surface area contributed by atoms with Gasteiger partial charge in [-0.05, 0) is 31.9 Å². The van der Waals surface area contributed by atoms with Crippen LogP contribution >= 0.6 is 0 Å². The van der Waals surface area contributed by atoms with Gasteiger partial charge < -0.3 is 10.0 Å². The third-order valence-electron chi connectivity index (χ3n) is 4.26. The SMILES string of the molecule is CCN(CC1(C(=O)O)CCCCC1)c1ccccc1. The van der Waals surface area contributed by atoms with Crippen molar-refractivity contribution in [3.63, 3.8) is 0 Å². The van der Waals surface area contributed by atoms with Crippen molar-refractivity contribution in [2.45, 2.75) is 39.0 Å². The number of hydrogen-bond donors (Lipinski definition) is 1. The summed E-state index contributed by atoms with van der Waals surface area (Å²) in [6, 6.07) is 10.1. The Labute approximate surface area is 115 Å². The second-order valence-corrected chi connectivity index (χ2v) is 5.50. The highest BCUT2D eigenvalue weighted by atomic mass is 16.4. The van der Waals surface area contributed by atoms with Crippen LogP contribution in [-0.4, -0.2) is 24.2 Å². The van der Waals surface area contributed by atoms with E-state index in [1.54, 1.807) is 0 Å². The predicted octanol–water partition coefficient (Wildman–Crippen LogP) is 3.55. The Kier molecular flexibility index (Phi) is 4.46. The fourth-order valence-corrected chi connectivity index (χ4v) is 3.06. The number of rotatable bonds is 5. The van der Waals surface area contributed by atoms with Crippen molar-refractivity contribution in [3.8, 4) is 0 Å². The van der Waals surface area contributed by atoms with Gasteiger partial charge in [-0.2, -0.15) is 0 Å². The minimum Gasteiger partial charge on any atom is -0.481 e. The maximum absolute atomic E-state index is 11.7. The predicted molar refractivity (Wildman–Crippen MR) is 77.5 cm³/mol. The Morgan fingerprint density at radius 3 is 2.37 bits per heavy atom. The van der Waals surface area contributed by atoms with Crippen LogP contribution in [0.25, 0.3) is 0 Å². The lowest BCUT2D eigenvalue weighted by molar-refractivity contribution is -0.150. The minimum absolute atomic E-state index is 0.551. The Bertz CT molecular complexity index is 410. The first kappa shape index (κ1) is 13.9. The van der Waals surface area contributed by atoms with E-state index in [4.69, 9.17) is 0 Å². The molecule has 0 aromatic heterocycles. The zero-order valence-electron chi connectivity index (χ0n) is 11.6. The first-order chi connectivity index (χ1) is 9.18. The average Bonchev–Trinajstić information content (AvgIpc) is 2.46. The summed E-state index contributed by atoms with van der Waals surface area (Å²) in [5.74, 6) is -0.624. The van der Waals surface area contributed by atoms with Crippen LogP contribution in [0.15, 0.2) is 30.3 Å². The summed E-state index contributed by atoms with van der Waals surface area (Å²) in [5.41, 5.74) is 0.570. The maximum Gasteiger partial charge on any atom is 0.311 e. The van der Waals surface area contributed by atoms with Gasteiger partial charge in [-0.3, -0.25) is 4.79 Å². The van der Waals surface area contributed by atoms with Gasteiger partial charge in [0.05, 0.1) is 5.41 Å². The van der Waals surface area contributed by atoms with Gasteiger partial charge in [-0.15, -0.1) is 0 Å². The monoisotopic (exact) mass is 261 g/mol. The van der Waals surface area contributed by atoms with Crippen LogP contribution in [-0.2, 0) is 4.79 Å². The molecule has 0 saturated heterocycles. The molecule has 3 nitrogen and oxygen atoms in total. The van der Waals surface area contributed by atoms with E-state index in [-0.39, 0.29) is 0 Å². The van der Waals surface area contributed by atoms with E-state index >= 15 is 0 Å². The summed E-state index contributed by atoms with van der Waals surface area (Å²) in [5, 5.41) is 9.65. The molecule has 1 fully saturated rings. The normalized spacial score (nSPS) is 17.9. The first-order valence-corrected chi connectivity index (χ1v) is 7.21. The van der Waals surface area contributed by atoms with Crippen LogP contribution in [0.1, 0.15) is 39.0 Å². The lowest BCUT2D eigenvalue weighted by Gasteiger charge is -2.38. The van der Waals surface area contributed by atoms with Crippen molar-refractivity contribution >= 4 is 11.7 Å². The molecule has 2 rings (SSSR count). The number of carbonyl (C=O) groups is 1. The van der Waals surface area contributed by atoms with Gasteiger partial charge in [-0.1, -0.05) is 37.5 Å². The van der Waals surface area contributed by atoms with Crippen molar-refractivity contribution < 1.29 is 9.90 Å². The van der Waals surface area contributed by atoms with Crippen molar-refractivity contribution in [2.75, 3.05) is 18.0 Å². The Morgan fingerprint density at radius 1 is 1.21 bits per heavy atom. The molecular formula is C16H23NO2. The van der Waals surface area contributed by atoms with Crippen molar-refractivity contribution in [3.05, 3.63) is 30.3 Å². The first-order valence-electron chi connectivity index (χ1n) is 7.21. The number of hydrogen-bond acceptors (Lipinski definition) is 2. The quantitative estimate of drug-likeness (QED) is 0.881. The molecule has 0 radical (unpaired) electrons. The number of anilines is 1. The van der Waals surface area contributed by atoms with E-state index in [1.165, 1.54) is 6.42 Å². The van der Waals surface area contributed by atoms with E-state index in [2.05, 4.69) is 24.0 Å². The van der Waals surface area contributed by atoms with Crippen LogP contribution in [0.5, 0.6) is 0 Å². The summed E-state index contributed by atoms with van der Waals surface area (Å²) in [6.07, 6.45) is 4.88. The molecule has 1 aliphatic carbocycles. The molecule has 0 amide bonds. The molecule has 104 valence electrons. The Balaban J connectivity index is 2.17. The molecule has 0 heterocycles. The molecule has 1 aromatic rings. The molecule has 0 unspecified atom stereocenters. The minimum atomic E-state index is -0.624. The van der Waals surface area contributed by atoms with Crippen molar-refractivity contribution in [1.82, 2.24) is 0 Å². The standard InChI is InChI=1S/C16H23NO2/c1-2-17(14-9-5-3-6-10-14)13-16(15(18)19)11-7-4-8-12-16/h3,5-6,9-10H,2,4,7-8,11-13H2,1H3,(H,18,19). The summed E-state index contributed by atoms with van der Waals surface area (Å²) in [6.45, 7) is 3.56. The van der Waals surface area contributed by atoms with E-state index in [0.717, 1.165) is 37.9 Å². The third-order valence-corrected chi connectivity index (χ3v) is 4.26.